The van der Waals surface area contributed by atoms with Gasteiger partial charge in [-0.3, -0.25) is 10.1 Å². The fourth-order valence-corrected chi connectivity index (χ4v) is 4.29. The molecular formula is C20H28N4O2S. The average Bonchev–Trinajstić information content (AvgIpc) is 3.14. The van der Waals surface area contributed by atoms with Crippen molar-refractivity contribution in [2.45, 2.75) is 25.4 Å². The van der Waals surface area contributed by atoms with Gasteiger partial charge in [0.2, 0.25) is 0 Å². The zero-order valence-corrected chi connectivity index (χ0v) is 16.9. The number of hydrogen-bond donors (Lipinski definition) is 1. The van der Waals surface area contributed by atoms with Crippen molar-refractivity contribution in [3.63, 3.8) is 0 Å². The van der Waals surface area contributed by atoms with Gasteiger partial charge in [0.05, 0.1) is 4.92 Å². The zero-order chi connectivity index (χ0) is 19.2. The second-order valence-electron chi connectivity index (χ2n) is 7.37. The van der Waals surface area contributed by atoms with Gasteiger partial charge in [-0.15, -0.1) is 11.3 Å². The van der Waals surface area contributed by atoms with Gasteiger partial charge in [-0.1, -0.05) is 0 Å². The maximum atomic E-state index is 10.8. The predicted octanol–water partition coefficient (Wildman–Crippen LogP) is 3.44. The van der Waals surface area contributed by atoms with Crippen molar-refractivity contribution in [2.24, 2.45) is 0 Å². The first-order valence-corrected chi connectivity index (χ1v) is 10.3. The molecule has 0 aliphatic carbocycles. The Morgan fingerprint density at radius 1 is 1.19 bits per heavy atom. The van der Waals surface area contributed by atoms with Crippen LogP contribution in [0.5, 0.6) is 0 Å². The number of hydrogen-bond acceptors (Lipinski definition) is 6. The van der Waals surface area contributed by atoms with Gasteiger partial charge in [0.25, 0.3) is 5.69 Å². The highest BCUT2D eigenvalue weighted by Crippen LogP contribution is 2.29. The summed E-state index contributed by atoms with van der Waals surface area (Å²) in [7, 11) is 4.25. The third-order valence-corrected chi connectivity index (χ3v) is 6.17. The largest absolute Gasteiger partial charge is 0.309 e. The van der Waals surface area contributed by atoms with Gasteiger partial charge in [-0.2, -0.15) is 0 Å². The first-order valence-electron chi connectivity index (χ1n) is 9.45. The number of nitro groups is 1. The maximum Gasteiger partial charge on any atom is 0.269 e. The van der Waals surface area contributed by atoms with E-state index in [-0.39, 0.29) is 10.6 Å². The summed E-state index contributed by atoms with van der Waals surface area (Å²) in [4.78, 5) is 17.7. The standard InChI is InChI=1S/C20H28N4O2S/c1-22(2)13-14-23-11-9-17(10-12-23)21-15-19-7-8-20(27-19)16-3-5-18(6-4-16)24(25)26/h3-8,17,21H,9-15H2,1-2H3. The van der Waals surface area contributed by atoms with Gasteiger partial charge in [0.1, 0.15) is 0 Å². The number of likely N-dealkylation sites (N-methyl/N-ethyl adjacent to an activating group) is 1. The van der Waals surface area contributed by atoms with E-state index in [1.165, 1.54) is 30.8 Å². The maximum absolute atomic E-state index is 10.8. The molecular weight excluding hydrogens is 360 g/mol. The van der Waals surface area contributed by atoms with Gasteiger partial charge in [0, 0.05) is 47.6 Å². The summed E-state index contributed by atoms with van der Waals surface area (Å²) >= 11 is 1.75. The fourth-order valence-electron chi connectivity index (χ4n) is 3.32. The van der Waals surface area contributed by atoms with E-state index < -0.39 is 0 Å². The highest BCUT2D eigenvalue weighted by molar-refractivity contribution is 7.15. The first-order chi connectivity index (χ1) is 13.0. The molecule has 1 aromatic carbocycles. The third kappa shape index (κ3) is 5.84. The van der Waals surface area contributed by atoms with E-state index in [9.17, 15) is 10.1 Å². The number of benzene rings is 1. The van der Waals surface area contributed by atoms with Crippen molar-refractivity contribution in [2.75, 3.05) is 40.3 Å². The van der Waals surface area contributed by atoms with Crippen LogP contribution in [0.3, 0.4) is 0 Å². The van der Waals surface area contributed by atoms with Gasteiger partial charge < -0.3 is 15.1 Å². The molecule has 1 aromatic heterocycles. The number of non-ortho nitro benzene ring substituents is 1. The molecule has 27 heavy (non-hydrogen) atoms. The van der Waals surface area contributed by atoms with Crippen molar-refractivity contribution < 1.29 is 4.92 Å². The van der Waals surface area contributed by atoms with Gasteiger partial charge >= 0.3 is 0 Å². The lowest BCUT2D eigenvalue weighted by Crippen LogP contribution is -2.44. The first kappa shape index (κ1) is 19.9. The van der Waals surface area contributed by atoms with E-state index in [1.807, 2.05) is 12.1 Å². The van der Waals surface area contributed by atoms with E-state index in [0.29, 0.717) is 6.04 Å². The zero-order valence-electron chi connectivity index (χ0n) is 16.1. The quantitative estimate of drug-likeness (QED) is 0.554. The molecule has 1 aliphatic heterocycles. The summed E-state index contributed by atoms with van der Waals surface area (Å²) in [6.07, 6.45) is 2.40. The Kier molecular flexibility index (Phi) is 6.95. The Bertz CT molecular complexity index is 737. The third-order valence-electron chi connectivity index (χ3n) is 5.04. The predicted molar refractivity (Wildman–Crippen MR) is 111 cm³/mol. The van der Waals surface area contributed by atoms with Crippen LogP contribution < -0.4 is 5.32 Å². The minimum Gasteiger partial charge on any atom is -0.309 e. The summed E-state index contributed by atoms with van der Waals surface area (Å²) in [5.41, 5.74) is 1.17. The van der Waals surface area contributed by atoms with Crippen molar-refractivity contribution in [1.29, 1.82) is 0 Å². The second-order valence-corrected chi connectivity index (χ2v) is 8.54. The molecule has 1 fully saturated rings. The molecule has 146 valence electrons. The van der Waals surface area contributed by atoms with Gasteiger partial charge in [-0.05, 0) is 69.9 Å². The number of nitro benzene ring substituents is 1. The lowest BCUT2D eigenvalue weighted by Gasteiger charge is -2.33. The molecule has 2 aromatic rings. The molecule has 0 radical (unpaired) electrons. The molecule has 0 saturated carbocycles. The van der Waals surface area contributed by atoms with Crippen molar-refractivity contribution in [3.8, 4) is 10.4 Å². The minimum absolute atomic E-state index is 0.133. The van der Waals surface area contributed by atoms with Crippen LogP contribution in [0.25, 0.3) is 10.4 Å². The lowest BCUT2D eigenvalue weighted by molar-refractivity contribution is -0.384. The molecule has 1 aliphatic rings. The molecule has 0 atom stereocenters. The van der Waals surface area contributed by atoms with Crippen LogP contribution in [-0.2, 0) is 6.54 Å². The molecule has 3 rings (SSSR count). The molecule has 0 amide bonds. The summed E-state index contributed by atoms with van der Waals surface area (Å²) in [6.45, 7) is 5.51. The summed E-state index contributed by atoms with van der Waals surface area (Å²) in [5.74, 6) is 0. The molecule has 0 unspecified atom stereocenters. The Balaban J connectivity index is 1.45. The molecule has 2 heterocycles. The van der Waals surface area contributed by atoms with E-state index in [4.69, 9.17) is 0 Å². The Labute approximate surface area is 164 Å². The highest BCUT2D eigenvalue weighted by atomic mass is 32.1. The van der Waals surface area contributed by atoms with Crippen LogP contribution in [0.2, 0.25) is 0 Å². The van der Waals surface area contributed by atoms with Crippen LogP contribution in [0, 0.1) is 10.1 Å². The van der Waals surface area contributed by atoms with Crippen LogP contribution >= 0.6 is 11.3 Å². The topological polar surface area (TPSA) is 61.6 Å². The van der Waals surface area contributed by atoms with Crippen LogP contribution in [0.4, 0.5) is 5.69 Å². The lowest BCUT2D eigenvalue weighted by atomic mass is 10.1. The van der Waals surface area contributed by atoms with E-state index >= 15 is 0 Å². The number of piperidine rings is 1. The van der Waals surface area contributed by atoms with E-state index in [0.717, 1.165) is 30.1 Å². The number of likely N-dealkylation sites (tertiary alicyclic amines) is 1. The smallest absolute Gasteiger partial charge is 0.269 e. The Morgan fingerprint density at radius 2 is 1.89 bits per heavy atom. The van der Waals surface area contributed by atoms with E-state index in [1.54, 1.807) is 23.5 Å². The molecule has 0 spiro atoms. The number of nitrogens with zero attached hydrogens (tertiary/aromatic N) is 3. The molecule has 1 N–H and O–H groups in total. The number of rotatable bonds is 8. The number of thiophene rings is 1. The van der Waals surface area contributed by atoms with Crippen LogP contribution in [0.1, 0.15) is 17.7 Å². The Morgan fingerprint density at radius 3 is 2.52 bits per heavy atom. The minimum atomic E-state index is -0.362. The average molecular weight is 389 g/mol. The molecule has 7 heteroatoms. The summed E-state index contributed by atoms with van der Waals surface area (Å²) in [5, 5.41) is 14.5. The van der Waals surface area contributed by atoms with Crippen molar-refractivity contribution >= 4 is 17.0 Å². The van der Waals surface area contributed by atoms with Crippen molar-refractivity contribution in [3.05, 3.63) is 51.4 Å². The summed E-state index contributed by atoms with van der Waals surface area (Å²) < 4.78 is 0. The fraction of sp³-hybridized carbons (Fsp3) is 0.500. The van der Waals surface area contributed by atoms with Crippen LogP contribution in [-0.4, -0.2) is 61.0 Å². The van der Waals surface area contributed by atoms with Gasteiger partial charge in [0.15, 0.2) is 0 Å². The van der Waals surface area contributed by atoms with Crippen molar-refractivity contribution in [1.82, 2.24) is 15.1 Å². The second kappa shape index (κ2) is 9.41. The molecule has 1 saturated heterocycles. The van der Waals surface area contributed by atoms with E-state index in [2.05, 4.69) is 41.3 Å². The molecule has 0 bridgehead atoms. The molecule has 6 nitrogen and oxygen atoms in total. The summed E-state index contributed by atoms with van der Waals surface area (Å²) in [6, 6.07) is 11.6. The SMILES string of the molecule is CN(C)CCN1CCC(NCc2ccc(-c3ccc([N+](=O)[O-])cc3)s2)CC1. The Hall–Kier alpha value is -1.80. The monoisotopic (exact) mass is 388 g/mol. The van der Waals surface area contributed by atoms with Gasteiger partial charge in [-0.25, -0.2) is 0 Å². The highest BCUT2D eigenvalue weighted by Gasteiger charge is 2.18. The normalized spacial score (nSPS) is 16.1. The number of nitrogens with one attached hydrogen (secondary N) is 1. The van der Waals surface area contributed by atoms with Crippen LogP contribution in [0.15, 0.2) is 36.4 Å².